The molecule has 1 aliphatic carbocycles. The highest BCUT2D eigenvalue weighted by atomic mass is 15.3. The molecule has 1 aliphatic rings. The van der Waals surface area contributed by atoms with Crippen molar-refractivity contribution in [3.8, 4) is 5.82 Å². The van der Waals surface area contributed by atoms with Gasteiger partial charge in [0.05, 0.1) is 5.69 Å². The van der Waals surface area contributed by atoms with Crippen molar-refractivity contribution >= 4 is 10.8 Å². The molecule has 2 aromatic heterocycles. The molecule has 4 heteroatoms. The van der Waals surface area contributed by atoms with E-state index in [4.69, 9.17) is 5.73 Å². The second-order valence-corrected chi connectivity index (χ2v) is 5.32. The van der Waals surface area contributed by atoms with Crippen LogP contribution in [0.3, 0.4) is 0 Å². The number of nitrogens with zero attached hydrogens (tertiary/aromatic N) is 3. The Morgan fingerprint density at radius 1 is 1.15 bits per heavy atom. The first kappa shape index (κ1) is 11.6. The molecular weight excluding hydrogens is 248 g/mol. The van der Waals surface area contributed by atoms with Crippen LogP contribution < -0.4 is 5.73 Å². The molecule has 4 rings (SSSR count). The maximum absolute atomic E-state index is 5.79. The van der Waals surface area contributed by atoms with Gasteiger partial charge in [-0.15, -0.1) is 0 Å². The topological polar surface area (TPSA) is 56.7 Å². The van der Waals surface area contributed by atoms with Gasteiger partial charge in [-0.25, -0.2) is 9.67 Å². The number of pyridine rings is 1. The normalized spacial score (nSPS) is 14.8. The Labute approximate surface area is 117 Å². The van der Waals surface area contributed by atoms with E-state index in [1.165, 1.54) is 18.5 Å². The number of benzene rings is 1. The Morgan fingerprint density at radius 2 is 1.95 bits per heavy atom. The lowest BCUT2D eigenvalue weighted by Crippen LogP contribution is -2.04. The van der Waals surface area contributed by atoms with Crippen LogP contribution in [0.25, 0.3) is 16.6 Å². The summed E-state index contributed by atoms with van der Waals surface area (Å²) in [5.41, 5.74) is 8.04. The van der Waals surface area contributed by atoms with E-state index in [9.17, 15) is 0 Å². The Balaban J connectivity index is 1.90. The highest BCUT2D eigenvalue weighted by Crippen LogP contribution is 2.39. The van der Waals surface area contributed by atoms with Gasteiger partial charge in [-0.05, 0) is 29.9 Å². The average Bonchev–Trinajstić information content (AvgIpc) is 3.24. The highest BCUT2D eigenvalue weighted by molar-refractivity contribution is 5.90. The number of nitrogens with two attached hydrogens (primary N) is 1. The predicted molar refractivity (Wildman–Crippen MR) is 78.7 cm³/mol. The van der Waals surface area contributed by atoms with Crippen LogP contribution >= 0.6 is 0 Å². The van der Waals surface area contributed by atoms with Gasteiger partial charge >= 0.3 is 0 Å². The molecule has 0 aliphatic heterocycles. The summed E-state index contributed by atoms with van der Waals surface area (Å²) < 4.78 is 1.89. The zero-order chi connectivity index (χ0) is 13.5. The van der Waals surface area contributed by atoms with Crippen LogP contribution in [0.2, 0.25) is 0 Å². The minimum atomic E-state index is 0.500. The summed E-state index contributed by atoms with van der Waals surface area (Å²) in [6.07, 6.45) is 6.38. The molecule has 0 saturated heterocycles. The molecule has 4 nitrogen and oxygen atoms in total. The molecule has 0 atom stereocenters. The van der Waals surface area contributed by atoms with Gasteiger partial charge in [-0.3, -0.25) is 0 Å². The largest absolute Gasteiger partial charge is 0.326 e. The van der Waals surface area contributed by atoms with Gasteiger partial charge in [0, 0.05) is 30.2 Å². The molecule has 0 radical (unpaired) electrons. The molecule has 1 aromatic carbocycles. The smallest absolute Gasteiger partial charge is 0.161 e. The van der Waals surface area contributed by atoms with E-state index in [-0.39, 0.29) is 0 Å². The zero-order valence-electron chi connectivity index (χ0n) is 11.2. The fourth-order valence-corrected chi connectivity index (χ4v) is 2.63. The van der Waals surface area contributed by atoms with Crippen molar-refractivity contribution in [2.24, 2.45) is 5.73 Å². The van der Waals surface area contributed by atoms with Gasteiger partial charge in [0.1, 0.15) is 0 Å². The Bertz CT molecular complexity index is 771. The van der Waals surface area contributed by atoms with Crippen LogP contribution in [-0.2, 0) is 6.54 Å². The summed E-state index contributed by atoms with van der Waals surface area (Å²) in [5.74, 6) is 1.54. The quantitative estimate of drug-likeness (QED) is 0.791. The molecule has 0 amide bonds. The highest BCUT2D eigenvalue weighted by Gasteiger charge is 2.26. The average molecular weight is 264 g/mol. The van der Waals surface area contributed by atoms with Crippen LogP contribution in [0.1, 0.15) is 30.0 Å². The fourth-order valence-electron chi connectivity index (χ4n) is 2.63. The Morgan fingerprint density at radius 3 is 2.70 bits per heavy atom. The van der Waals surface area contributed by atoms with E-state index < -0.39 is 0 Å². The van der Waals surface area contributed by atoms with E-state index in [0.717, 1.165) is 22.2 Å². The standard InChI is InChI=1S/C16H16N4/c17-9-12-10-18-16(14-4-2-1-3-13(12)14)20-8-7-15(19-20)11-5-6-11/h1-4,7-8,10-11H,5-6,9,17H2. The molecule has 0 unspecified atom stereocenters. The first-order chi connectivity index (χ1) is 9.86. The first-order valence-corrected chi connectivity index (χ1v) is 6.99. The molecule has 0 bridgehead atoms. The summed E-state index contributed by atoms with van der Waals surface area (Å²) >= 11 is 0. The van der Waals surface area contributed by atoms with Crippen LogP contribution in [0.4, 0.5) is 0 Å². The Hall–Kier alpha value is -2.20. The summed E-state index contributed by atoms with van der Waals surface area (Å²) in [5, 5.41) is 6.93. The van der Waals surface area contributed by atoms with Gasteiger partial charge in [0.25, 0.3) is 0 Å². The number of fused-ring (bicyclic) bond motifs is 1. The predicted octanol–water partition coefficient (Wildman–Crippen LogP) is 2.76. The van der Waals surface area contributed by atoms with Crippen molar-refractivity contribution in [2.45, 2.75) is 25.3 Å². The number of hydrogen-bond acceptors (Lipinski definition) is 3. The molecule has 1 saturated carbocycles. The second-order valence-electron chi connectivity index (χ2n) is 5.32. The monoisotopic (exact) mass is 264 g/mol. The maximum atomic E-state index is 5.79. The van der Waals surface area contributed by atoms with Gasteiger partial charge in [0.2, 0.25) is 0 Å². The number of hydrogen-bond donors (Lipinski definition) is 1. The third-order valence-corrected chi connectivity index (χ3v) is 3.90. The van der Waals surface area contributed by atoms with Gasteiger partial charge in [-0.1, -0.05) is 24.3 Å². The second kappa shape index (κ2) is 4.42. The Kier molecular flexibility index (Phi) is 2.57. The van der Waals surface area contributed by atoms with Crippen molar-refractivity contribution in [1.82, 2.24) is 14.8 Å². The first-order valence-electron chi connectivity index (χ1n) is 6.99. The number of rotatable bonds is 3. The SMILES string of the molecule is NCc1cnc(-n2ccc(C3CC3)n2)c2ccccc12. The number of aromatic nitrogens is 3. The molecule has 0 spiro atoms. The molecule has 20 heavy (non-hydrogen) atoms. The zero-order valence-corrected chi connectivity index (χ0v) is 11.2. The van der Waals surface area contributed by atoms with E-state index in [1.807, 2.05) is 29.2 Å². The molecule has 2 N–H and O–H groups in total. The summed E-state index contributed by atoms with van der Waals surface area (Å²) in [7, 11) is 0. The van der Waals surface area contributed by atoms with Crippen molar-refractivity contribution in [1.29, 1.82) is 0 Å². The van der Waals surface area contributed by atoms with E-state index in [2.05, 4.69) is 28.3 Å². The van der Waals surface area contributed by atoms with Gasteiger partial charge < -0.3 is 5.73 Å². The minimum absolute atomic E-state index is 0.500. The molecule has 2 heterocycles. The van der Waals surface area contributed by atoms with Crippen LogP contribution in [0.15, 0.2) is 42.7 Å². The lowest BCUT2D eigenvalue weighted by atomic mass is 10.1. The van der Waals surface area contributed by atoms with Crippen molar-refractivity contribution in [3.63, 3.8) is 0 Å². The lowest BCUT2D eigenvalue weighted by Gasteiger charge is -2.09. The maximum Gasteiger partial charge on any atom is 0.161 e. The van der Waals surface area contributed by atoms with E-state index in [1.54, 1.807) is 0 Å². The molecule has 100 valence electrons. The third kappa shape index (κ3) is 1.80. The summed E-state index contributed by atoms with van der Waals surface area (Å²) in [6.45, 7) is 0.500. The molecular formula is C16H16N4. The summed E-state index contributed by atoms with van der Waals surface area (Å²) in [6, 6.07) is 10.3. The molecule has 1 fully saturated rings. The van der Waals surface area contributed by atoms with Gasteiger partial charge in [0.15, 0.2) is 5.82 Å². The molecule has 3 aromatic rings. The fraction of sp³-hybridized carbons (Fsp3) is 0.250. The van der Waals surface area contributed by atoms with E-state index in [0.29, 0.717) is 12.5 Å². The van der Waals surface area contributed by atoms with Crippen molar-refractivity contribution < 1.29 is 0 Å². The van der Waals surface area contributed by atoms with Crippen molar-refractivity contribution in [3.05, 3.63) is 54.0 Å². The van der Waals surface area contributed by atoms with Crippen molar-refractivity contribution in [2.75, 3.05) is 0 Å². The lowest BCUT2D eigenvalue weighted by molar-refractivity contribution is 0.818. The third-order valence-electron chi connectivity index (χ3n) is 3.90. The van der Waals surface area contributed by atoms with E-state index >= 15 is 0 Å². The van der Waals surface area contributed by atoms with Crippen LogP contribution in [0.5, 0.6) is 0 Å². The van der Waals surface area contributed by atoms with Gasteiger partial charge in [-0.2, -0.15) is 5.10 Å². The van der Waals surface area contributed by atoms with Crippen LogP contribution in [0, 0.1) is 0 Å². The summed E-state index contributed by atoms with van der Waals surface area (Å²) in [4.78, 5) is 4.56. The van der Waals surface area contributed by atoms with Crippen LogP contribution in [-0.4, -0.2) is 14.8 Å². The minimum Gasteiger partial charge on any atom is -0.326 e.